The minimum absolute atomic E-state index is 0.113. The summed E-state index contributed by atoms with van der Waals surface area (Å²) in [4.78, 5) is 16.2. The molecule has 1 aromatic heterocycles. The Bertz CT molecular complexity index is 577. The van der Waals surface area contributed by atoms with Gasteiger partial charge in [0, 0.05) is 23.3 Å². The number of nitrogens with zero attached hydrogens (tertiary/aromatic N) is 2. The maximum Gasteiger partial charge on any atom is 0.182 e. The number of ketones is 1. The number of aromatic nitrogens is 2. The summed E-state index contributed by atoms with van der Waals surface area (Å²) in [6.45, 7) is 2.16. The van der Waals surface area contributed by atoms with Crippen LogP contribution in [0.2, 0.25) is 5.02 Å². The van der Waals surface area contributed by atoms with Crippen LogP contribution in [0.1, 0.15) is 49.5 Å². The van der Waals surface area contributed by atoms with E-state index in [9.17, 15) is 4.79 Å². The van der Waals surface area contributed by atoms with Crippen molar-refractivity contribution in [1.82, 2.24) is 9.55 Å². The molecular formula is C16H19ClN2O. The minimum atomic E-state index is 0.113. The van der Waals surface area contributed by atoms with E-state index in [1.165, 1.54) is 12.8 Å². The first-order valence-electron chi connectivity index (χ1n) is 7.04. The van der Waals surface area contributed by atoms with Gasteiger partial charge in [-0.25, -0.2) is 4.98 Å². The monoisotopic (exact) mass is 290 g/mol. The number of hydrogen-bond acceptors (Lipinski definition) is 2. The fourth-order valence-electron chi connectivity index (χ4n) is 2.09. The van der Waals surface area contributed by atoms with Crippen LogP contribution in [-0.4, -0.2) is 15.3 Å². The number of unbranched alkanes of at least 4 members (excludes halogenated alkanes) is 3. The summed E-state index contributed by atoms with van der Waals surface area (Å²) < 4.78 is 1.82. The van der Waals surface area contributed by atoms with Gasteiger partial charge in [-0.05, 0) is 24.6 Å². The summed E-state index contributed by atoms with van der Waals surface area (Å²) in [5.74, 6) is 0.113. The van der Waals surface area contributed by atoms with Crippen LogP contribution in [0.3, 0.4) is 0 Å². The van der Waals surface area contributed by atoms with Gasteiger partial charge < -0.3 is 4.57 Å². The number of imidazole rings is 1. The standard InChI is InChI=1S/C16H19ClN2O/c1-2-3-4-5-9-16(20)15-11-19(12-18-15)14-8-6-7-13(17)10-14/h6-8,10-12H,2-5,9H2,1H3. The summed E-state index contributed by atoms with van der Waals surface area (Å²) >= 11 is 5.96. The maximum atomic E-state index is 12.0. The van der Waals surface area contributed by atoms with Gasteiger partial charge in [-0.3, -0.25) is 4.79 Å². The molecule has 20 heavy (non-hydrogen) atoms. The number of hydrogen-bond donors (Lipinski definition) is 0. The first kappa shape index (κ1) is 14.8. The Morgan fingerprint density at radius 2 is 2.15 bits per heavy atom. The van der Waals surface area contributed by atoms with E-state index in [2.05, 4.69) is 11.9 Å². The number of carbonyl (C=O) groups is 1. The molecule has 1 heterocycles. The molecule has 0 aliphatic carbocycles. The van der Waals surface area contributed by atoms with E-state index in [1.807, 2.05) is 28.8 Å². The van der Waals surface area contributed by atoms with Crippen molar-refractivity contribution < 1.29 is 4.79 Å². The van der Waals surface area contributed by atoms with Crippen LogP contribution < -0.4 is 0 Å². The Hall–Kier alpha value is -1.61. The fourth-order valence-corrected chi connectivity index (χ4v) is 2.27. The van der Waals surface area contributed by atoms with E-state index in [4.69, 9.17) is 11.6 Å². The molecule has 0 saturated heterocycles. The first-order valence-corrected chi connectivity index (χ1v) is 7.41. The van der Waals surface area contributed by atoms with Crippen molar-refractivity contribution in [2.75, 3.05) is 0 Å². The number of Topliss-reactive ketones (excluding diaryl/α,β-unsaturated/α-hetero) is 1. The molecule has 0 bridgehead atoms. The van der Waals surface area contributed by atoms with Gasteiger partial charge in [0.15, 0.2) is 5.78 Å². The number of carbonyl (C=O) groups excluding carboxylic acids is 1. The van der Waals surface area contributed by atoms with Crippen LogP contribution >= 0.6 is 11.6 Å². The first-order chi connectivity index (χ1) is 9.70. The molecule has 0 N–H and O–H groups in total. The SMILES string of the molecule is CCCCCCC(=O)c1cn(-c2cccc(Cl)c2)cn1. The molecule has 0 radical (unpaired) electrons. The van der Waals surface area contributed by atoms with Gasteiger partial charge in [-0.1, -0.05) is 43.9 Å². The highest BCUT2D eigenvalue weighted by Gasteiger charge is 2.09. The lowest BCUT2D eigenvalue weighted by molar-refractivity contribution is 0.0975. The van der Waals surface area contributed by atoms with Crippen molar-refractivity contribution >= 4 is 17.4 Å². The number of rotatable bonds is 7. The highest BCUT2D eigenvalue weighted by atomic mass is 35.5. The second-order valence-corrected chi connectivity index (χ2v) is 5.32. The van der Waals surface area contributed by atoms with Crippen molar-refractivity contribution in [3.05, 3.63) is 47.5 Å². The second-order valence-electron chi connectivity index (χ2n) is 4.88. The normalized spacial score (nSPS) is 10.7. The van der Waals surface area contributed by atoms with E-state index in [-0.39, 0.29) is 5.78 Å². The van der Waals surface area contributed by atoms with Crippen molar-refractivity contribution in [3.8, 4) is 5.69 Å². The van der Waals surface area contributed by atoms with Crippen molar-refractivity contribution in [1.29, 1.82) is 0 Å². The molecule has 1 aromatic carbocycles. The molecule has 0 fully saturated rings. The number of benzene rings is 1. The van der Waals surface area contributed by atoms with Gasteiger partial charge in [0.1, 0.15) is 12.0 Å². The van der Waals surface area contributed by atoms with Crippen molar-refractivity contribution in [2.45, 2.75) is 39.0 Å². The molecule has 0 spiro atoms. The Balaban J connectivity index is 2.00. The zero-order valence-electron chi connectivity index (χ0n) is 11.7. The lowest BCUT2D eigenvalue weighted by Crippen LogP contribution is -1.99. The molecule has 3 nitrogen and oxygen atoms in total. The molecule has 106 valence electrons. The summed E-state index contributed by atoms with van der Waals surface area (Å²) in [7, 11) is 0. The predicted octanol–water partition coefficient (Wildman–Crippen LogP) is 4.68. The lowest BCUT2D eigenvalue weighted by atomic mass is 10.1. The average molecular weight is 291 g/mol. The average Bonchev–Trinajstić information content (AvgIpc) is 2.93. The predicted molar refractivity (Wildman–Crippen MR) is 81.7 cm³/mol. The zero-order valence-corrected chi connectivity index (χ0v) is 12.4. The smallest absolute Gasteiger partial charge is 0.182 e. The molecular weight excluding hydrogens is 272 g/mol. The van der Waals surface area contributed by atoms with Crippen LogP contribution in [0.25, 0.3) is 5.69 Å². The zero-order chi connectivity index (χ0) is 14.4. The summed E-state index contributed by atoms with van der Waals surface area (Å²) in [5.41, 5.74) is 1.44. The summed E-state index contributed by atoms with van der Waals surface area (Å²) in [5, 5.41) is 0.670. The molecule has 0 amide bonds. The molecule has 0 aliphatic rings. The Morgan fingerprint density at radius 1 is 1.30 bits per heavy atom. The summed E-state index contributed by atoms with van der Waals surface area (Å²) in [6, 6.07) is 7.48. The van der Waals surface area contributed by atoms with Crippen LogP contribution in [0, 0.1) is 0 Å². The topological polar surface area (TPSA) is 34.9 Å². The molecule has 2 aromatic rings. The quantitative estimate of drug-likeness (QED) is 0.548. The summed E-state index contributed by atoms with van der Waals surface area (Å²) in [6.07, 6.45) is 8.42. The van der Waals surface area contributed by atoms with Crippen molar-refractivity contribution in [3.63, 3.8) is 0 Å². The third kappa shape index (κ3) is 3.94. The molecule has 0 aliphatic heterocycles. The van der Waals surface area contributed by atoms with Crippen LogP contribution in [0.4, 0.5) is 0 Å². The number of halogens is 1. The van der Waals surface area contributed by atoms with E-state index in [0.717, 1.165) is 18.5 Å². The van der Waals surface area contributed by atoms with E-state index in [1.54, 1.807) is 12.5 Å². The molecule has 2 rings (SSSR count). The molecule has 0 unspecified atom stereocenters. The largest absolute Gasteiger partial charge is 0.305 e. The molecule has 4 heteroatoms. The molecule has 0 atom stereocenters. The minimum Gasteiger partial charge on any atom is -0.305 e. The van der Waals surface area contributed by atoms with Crippen LogP contribution in [-0.2, 0) is 0 Å². The lowest BCUT2D eigenvalue weighted by Gasteiger charge is -2.01. The van der Waals surface area contributed by atoms with E-state index < -0.39 is 0 Å². The Morgan fingerprint density at radius 3 is 2.90 bits per heavy atom. The maximum absolute atomic E-state index is 12.0. The highest BCUT2D eigenvalue weighted by molar-refractivity contribution is 6.30. The fraction of sp³-hybridized carbons (Fsp3) is 0.375. The highest BCUT2D eigenvalue weighted by Crippen LogP contribution is 2.16. The van der Waals surface area contributed by atoms with Gasteiger partial charge in [0.2, 0.25) is 0 Å². The third-order valence-electron chi connectivity index (χ3n) is 3.23. The van der Waals surface area contributed by atoms with Crippen LogP contribution in [0.5, 0.6) is 0 Å². The van der Waals surface area contributed by atoms with Gasteiger partial charge in [0.25, 0.3) is 0 Å². The Labute approximate surface area is 124 Å². The van der Waals surface area contributed by atoms with Gasteiger partial charge in [-0.2, -0.15) is 0 Å². The van der Waals surface area contributed by atoms with Gasteiger partial charge in [-0.15, -0.1) is 0 Å². The third-order valence-corrected chi connectivity index (χ3v) is 3.47. The van der Waals surface area contributed by atoms with E-state index in [0.29, 0.717) is 17.1 Å². The van der Waals surface area contributed by atoms with Crippen LogP contribution in [0.15, 0.2) is 36.8 Å². The van der Waals surface area contributed by atoms with Gasteiger partial charge in [0.05, 0.1) is 0 Å². The Kier molecular flexibility index (Phi) is 5.36. The van der Waals surface area contributed by atoms with E-state index >= 15 is 0 Å². The van der Waals surface area contributed by atoms with Gasteiger partial charge >= 0.3 is 0 Å². The van der Waals surface area contributed by atoms with Crippen molar-refractivity contribution in [2.24, 2.45) is 0 Å². The second kappa shape index (κ2) is 7.25. The molecule has 0 saturated carbocycles.